The monoisotopic (exact) mass is 250 g/mol. The largest absolute Gasteiger partial charge is 0.382 e. The summed E-state index contributed by atoms with van der Waals surface area (Å²) in [6, 6.07) is 0. The third-order valence-electron chi connectivity index (χ3n) is 5.35. The first-order chi connectivity index (χ1) is 8.11. The zero-order valence-corrected chi connectivity index (χ0v) is 11.7. The van der Waals surface area contributed by atoms with Crippen molar-refractivity contribution in [1.82, 2.24) is 0 Å². The number of carbonyl (C=O) groups is 2. The summed E-state index contributed by atoms with van der Waals surface area (Å²) in [5, 5.41) is 9.91. The number of Topliss-reactive ketones (excluding diaryl/α,β-unsaturated/α-hetero) is 1. The number of hydrogen-bond donors (Lipinski definition) is 1. The molecule has 0 radical (unpaired) electrons. The molecule has 2 atom stereocenters. The number of allylic oxidation sites excluding steroid dienone is 1. The number of rotatable bonds is 1. The number of ketones is 2. The summed E-state index contributed by atoms with van der Waals surface area (Å²) in [6.45, 7) is 7.59. The Morgan fingerprint density at radius 2 is 1.67 bits per heavy atom. The van der Waals surface area contributed by atoms with Gasteiger partial charge in [0, 0.05) is 17.3 Å². The molecule has 100 valence electrons. The SMILES string of the molecule is CC1(C)C(=O)CC[C@]1(C)C1=CC(=O)[C@@](C)(O)CC1. The van der Waals surface area contributed by atoms with Crippen molar-refractivity contribution in [2.24, 2.45) is 10.8 Å². The lowest BCUT2D eigenvalue weighted by Crippen LogP contribution is -2.42. The van der Waals surface area contributed by atoms with Crippen molar-refractivity contribution >= 4 is 11.6 Å². The van der Waals surface area contributed by atoms with Crippen molar-refractivity contribution < 1.29 is 14.7 Å². The van der Waals surface area contributed by atoms with Gasteiger partial charge in [-0.1, -0.05) is 26.3 Å². The predicted octanol–water partition coefficient (Wildman–Crippen LogP) is 2.42. The fourth-order valence-corrected chi connectivity index (χ4v) is 3.18. The second-order valence-corrected chi connectivity index (χ2v) is 6.69. The third-order valence-corrected chi connectivity index (χ3v) is 5.35. The quantitative estimate of drug-likeness (QED) is 0.777. The molecular formula is C15H22O3. The lowest BCUT2D eigenvalue weighted by molar-refractivity contribution is -0.132. The standard InChI is InChI=1S/C15H22O3/c1-13(2)11(16)6-7-14(13,3)10-5-8-15(4,18)12(17)9-10/h9,18H,5-8H2,1-4H3/t14-,15+/m1/s1. The number of carbonyl (C=O) groups excluding carboxylic acids is 2. The molecule has 0 amide bonds. The Balaban J connectivity index is 2.39. The van der Waals surface area contributed by atoms with E-state index in [-0.39, 0.29) is 17.0 Å². The van der Waals surface area contributed by atoms with E-state index in [2.05, 4.69) is 6.92 Å². The van der Waals surface area contributed by atoms with Gasteiger partial charge in [-0.2, -0.15) is 0 Å². The van der Waals surface area contributed by atoms with Gasteiger partial charge in [0.1, 0.15) is 11.4 Å². The molecular weight excluding hydrogens is 228 g/mol. The van der Waals surface area contributed by atoms with E-state index in [0.717, 1.165) is 12.0 Å². The Bertz CT molecular complexity index is 443. The summed E-state index contributed by atoms with van der Waals surface area (Å²) in [5.41, 5.74) is -0.847. The highest BCUT2D eigenvalue weighted by atomic mass is 16.3. The molecule has 0 spiro atoms. The Kier molecular flexibility index (Phi) is 2.82. The van der Waals surface area contributed by atoms with Gasteiger partial charge in [0.2, 0.25) is 0 Å². The van der Waals surface area contributed by atoms with Crippen LogP contribution in [0.4, 0.5) is 0 Å². The molecule has 0 aromatic heterocycles. The summed E-state index contributed by atoms with van der Waals surface area (Å²) in [5.74, 6) is 0.0517. The van der Waals surface area contributed by atoms with Crippen LogP contribution in [0.3, 0.4) is 0 Å². The zero-order valence-electron chi connectivity index (χ0n) is 11.7. The van der Waals surface area contributed by atoms with Crippen molar-refractivity contribution in [3.05, 3.63) is 11.6 Å². The smallest absolute Gasteiger partial charge is 0.186 e. The summed E-state index contributed by atoms with van der Waals surface area (Å²) >= 11 is 0. The highest BCUT2D eigenvalue weighted by Crippen LogP contribution is 2.56. The van der Waals surface area contributed by atoms with Gasteiger partial charge in [0.15, 0.2) is 5.78 Å². The lowest BCUT2D eigenvalue weighted by Gasteiger charge is -2.42. The van der Waals surface area contributed by atoms with Gasteiger partial charge in [-0.25, -0.2) is 0 Å². The predicted molar refractivity (Wildman–Crippen MR) is 69.1 cm³/mol. The Morgan fingerprint density at radius 1 is 1.06 bits per heavy atom. The van der Waals surface area contributed by atoms with Crippen LogP contribution in [0.15, 0.2) is 11.6 Å². The highest BCUT2D eigenvalue weighted by Gasteiger charge is 2.54. The molecule has 1 fully saturated rings. The second-order valence-electron chi connectivity index (χ2n) is 6.69. The molecule has 0 aromatic rings. The van der Waals surface area contributed by atoms with E-state index in [1.54, 1.807) is 13.0 Å². The van der Waals surface area contributed by atoms with Gasteiger partial charge in [-0.15, -0.1) is 0 Å². The maximum absolute atomic E-state index is 12.0. The number of aliphatic hydroxyl groups is 1. The minimum Gasteiger partial charge on any atom is -0.382 e. The van der Waals surface area contributed by atoms with Crippen LogP contribution >= 0.6 is 0 Å². The second kappa shape index (κ2) is 3.77. The molecule has 0 bridgehead atoms. The van der Waals surface area contributed by atoms with Gasteiger partial charge >= 0.3 is 0 Å². The molecule has 1 N–H and O–H groups in total. The van der Waals surface area contributed by atoms with E-state index < -0.39 is 11.0 Å². The molecule has 18 heavy (non-hydrogen) atoms. The topological polar surface area (TPSA) is 54.4 Å². The normalized spacial score (nSPS) is 39.9. The van der Waals surface area contributed by atoms with Crippen LogP contribution in [0.1, 0.15) is 53.4 Å². The zero-order chi connectivity index (χ0) is 13.8. The van der Waals surface area contributed by atoms with E-state index in [4.69, 9.17) is 0 Å². The first-order valence-electron chi connectivity index (χ1n) is 6.62. The summed E-state index contributed by atoms with van der Waals surface area (Å²) < 4.78 is 0. The number of hydrogen-bond acceptors (Lipinski definition) is 3. The van der Waals surface area contributed by atoms with Crippen LogP contribution in [-0.4, -0.2) is 22.3 Å². The van der Waals surface area contributed by atoms with Gasteiger partial charge in [0.25, 0.3) is 0 Å². The molecule has 3 heteroatoms. The van der Waals surface area contributed by atoms with Crippen LogP contribution in [-0.2, 0) is 9.59 Å². The van der Waals surface area contributed by atoms with Crippen molar-refractivity contribution in [2.45, 2.75) is 59.0 Å². The van der Waals surface area contributed by atoms with E-state index in [1.807, 2.05) is 13.8 Å². The highest BCUT2D eigenvalue weighted by molar-refractivity contribution is 5.98. The Morgan fingerprint density at radius 3 is 2.11 bits per heavy atom. The van der Waals surface area contributed by atoms with Crippen molar-refractivity contribution in [1.29, 1.82) is 0 Å². The average Bonchev–Trinajstić information content (AvgIpc) is 2.47. The van der Waals surface area contributed by atoms with Gasteiger partial charge in [0.05, 0.1) is 0 Å². The van der Waals surface area contributed by atoms with Crippen molar-refractivity contribution in [3.8, 4) is 0 Å². The minimum absolute atomic E-state index is 0.222. The molecule has 2 aliphatic rings. The van der Waals surface area contributed by atoms with E-state index in [9.17, 15) is 14.7 Å². The maximum Gasteiger partial charge on any atom is 0.186 e. The van der Waals surface area contributed by atoms with Crippen molar-refractivity contribution in [3.63, 3.8) is 0 Å². The molecule has 0 aliphatic heterocycles. The molecule has 3 nitrogen and oxygen atoms in total. The molecule has 2 rings (SSSR count). The fourth-order valence-electron chi connectivity index (χ4n) is 3.18. The van der Waals surface area contributed by atoms with Crippen LogP contribution in [0.5, 0.6) is 0 Å². The maximum atomic E-state index is 12.0. The minimum atomic E-state index is -1.23. The molecule has 0 saturated heterocycles. The van der Waals surface area contributed by atoms with E-state index in [0.29, 0.717) is 19.3 Å². The van der Waals surface area contributed by atoms with Crippen molar-refractivity contribution in [2.75, 3.05) is 0 Å². The summed E-state index contributed by atoms with van der Waals surface area (Å²) in [7, 11) is 0. The lowest BCUT2D eigenvalue weighted by atomic mass is 9.61. The van der Waals surface area contributed by atoms with E-state index >= 15 is 0 Å². The Labute approximate surface area is 108 Å². The van der Waals surface area contributed by atoms with E-state index in [1.165, 1.54) is 0 Å². The molecule has 1 saturated carbocycles. The summed E-state index contributed by atoms with van der Waals surface area (Å²) in [4.78, 5) is 23.9. The average molecular weight is 250 g/mol. The third kappa shape index (κ3) is 1.68. The molecule has 0 aromatic carbocycles. The van der Waals surface area contributed by atoms with Crippen LogP contribution in [0.25, 0.3) is 0 Å². The first-order valence-corrected chi connectivity index (χ1v) is 6.62. The van der Waals surface area contributed by atoms with Crippen LogP contribution in [0, 0.1) is 10.8 Å². The first kappa shape index (κ1) is 13.5. The molecule has 2 aliphatic carbocycles. The molecule has 0 heterocycles. The van der Waals surface area contributed by atoms with Crippen LogP contribution < -0.4 is 0 Å². The van der Waals surface area contributed by atoms with Crippen LogP contribution in [0.2, 0.25) is 0 Å². The molecule has 0 unspecified atom stereocenters. The Hall–Kier alpha value is -0.960. The van der Waals surface area contributed by atoms with Gasteiger partial charge in [-0.3, -0.25) is 9.59 Å². The fraction of sp³-hybridized carbons (Fsp3) is 0.733. The summed E-state index contributed by atoms with van der Waals surface area (Å²) in [6.07, 6.45) is 4.14. The van der Waals surface area contributed by atoms with Gasteiger partial charge in [-0.05, 0) is 32.3 Å². The van der Waals surface area contributed by atoms with Gasteiger partial charge < -0.3 is 5.11 Å².